The quantitative estimate of drug-likeness (QED) is 0.360. The van der Waals surface area contributed by atoms with Crippen LogP contribution in [-0.4, -0.2) is 56.0 Å². The number of aromatic nitrogens is 5. The number of amides is 1. The van der Waals surface area contributed by atoms with E-state index in [1.807, 2.05) is 36.4 Å². The van der Waals surface area contributed by atoms with Crippen LogP contribution < -0.4 is 11.1 Å². The second-order valence-corrected chi connectivity index (χ2v) is 9.20. The van der Waals surface area contributed by atoms with Crippen molar-refractivity contribution >= 4 is 30.5 Å². The summed E-state index contributed by atoms with van der Waals surface area (Å²) in [7, 11) is 0. The van der Waals surface area contributed by atoms with E-state index in [9.17, 15) is 9.59 Å². The van der Waals surface area contributed by atoms with Crippen LogP contribution in [0.4, 0.5) is 0 Å². The van der Waals surface area contributed by atoms with Crippen molar-refractivity contribution in [1.82, 2.24) is 35.8 Å². The van der Waals surface area contributed by atoms with E-state index in [4.69, 9.17) is 4.42 Å². The van der Waals surface area contributed by atoms with Crippen LogP contribution in [0.1, 0.15) is 42.9 Å². The smallest absolute Gasteiger partial charge is 0.408 e. The lowest BCUT2D eigenvalue weighted by Crippen LogP contribution is -2.41. The second kappa shape index (κ2) is 9.31. The largest absolute Gasteiger partial charge is 0.417 e. The summed E-state index contributed by atoms with van der Waals surface area (Å²) in [4.78, 5) is 30.3. The fraction of sp³-hybridized carbons (Fsp3) is 0.375. The molecule has 11 heteroatoms. The number of benzene rings is 2. The van der Waals surface area contributed by atoms with Crippen LogP contribution in [0.5, 0.6) is 0 Å². The molecule has 1 aliphatic carbocycles. The van der Waals surface area contributed by atoms with Crippen LogP contribution >= 0.6 is 13.5 Å². The van der Waals surface area contributed by atoms with Gasteiger partial charge in [0.2, 0.25) is 11.7 Å². The molecule has 1 saturated carbocycles. The van der Waals surface area contributed by atoms with Crippen LogP contribution in [0.15, 0.2) is 51.7 Å². The topological polar surface area (TPSA) is 133 Å². The number of tetrazole rings is 1. The number of carbonyl (C=O) groups excluding carboxylic acids is 1. The number of carbonyl (C=O) groups is 1. The Hall–Kier alpha value is -3.44. The third-order valence-electron chi connectivity index (χ3n) is 6.99. The van der Waals surface area contributed by atoms with Crippen molar-refractivity contribution < 1.29 is 9.21 Å². The molecule has 2 aliphatic rings. The standard InChI is InChI=1S/C24H25N7O3.H2S/c32-22(24(8-9-24)17-6-7-20-18(13-17)26-23(33)34-20)25-19(14-31-10-1-2-11-31)15-4-3-5-16(12-15)21-27-29-30-28-21;/h3-7,12-13,19H,1-2,8-11,14H2,(H,25,32)(H,26,33)(H,27,28,29,30);1H2. The molecule has 35 heavy (non-hydrogen) atoms. The zero-order valence-corrected chi connectivity index (χ0v) is 20.1. The third kappa shape index (κ3) is 4.48. The monoisotopic (exact) mass is 493 g/mol. The van der Waals surface area contributed by atoms with Crippen molar-refractivity contribution in [1.29, 1.82) is 0 Å². The van der Waals surface area contributed by atoms with Gasteiger partial charge in [-0.05, 0) is 73.3 Å². The Morgan fingerprint density at radius 3 is 2.74 bits per heavy atom. The van der Waals surface area contributed by atoms with Gasteiger partial charge in [0.15, 0.2) is 5.58 Å². The predicted molar refractivity (Wildman–Crippen MR) is 134 cm³/mol. The Balaban J connectivity index is 0.00000253. The molecule has 4 aromatic rings. The van der Waals surface area contributed by atoms with Gasteiger partial charge in [0.1, 0.15) is 0 Å². The van der Waals surface area contributed by atoms with Crippen LogP contribution in [0.25, 0.3) is 22.5 Å². The zero-order valence-electron chi connectivity index (χ0n) is 19.1. The maximum atomic E-state index is 13.7. The summed E-state index contributed by atoms with van der Waals surface area (Å²) in [6.45, 7) is 2.81. The molecular weight excluding hydrogens is 466 g/mol. The molecule has 2 aromatic carbocycles. The van der Waals surface area contributed by atoms with E-state index >= 15 is 0 Å². The first-order valence-corrected chi connectivity index (χ1v) is 11.6. The Labute approximate surface area is 207 Å². The Kier molecular flexibility index (Phi) is 6.20. The van der Waals surface area contributed by atoms with Gasteiger partial charge in [-0.25, -0.2) is 4.79 Å². The lowest BCUT2D eigenvalue weighted by atomic mass is 9.93. The van der Waals surface area contributed by atoms with E-state index in [-0.39, 0.29) is 25.4 Å². The predicted octanol–water partition coefficient (Wildman–Crippen LogP) is 2.40. The van der Waals surface area contributed by atoms with Crippen LogP contribution in [0.3, 0.4) is 0 Å². The summed E-state index contributed by atoms with van der Waals surface area (Å²) >= 11 is 0. The van der Waals surface area contributed by atoms with E-state index in [0.29, 0.717) is 16.9 Å². The van der Waals surface area contributed by atoms with E-state index in [2.05, 4.69) is 35.8 Å². The number of hydrogen-bond donors (Lipinski definition) is 3. The van der Waals surface area contributed by atoms with Gasteiger partial charge in [0.25, 0.3) is 0 Å². The summed E-state index contributed by atoms with van der Waals surface area (Å²) < 4.78 is 5.12. The Morgan fingerprint density at radius 2 is 2.00 bits per heavy atom. The van der Waals surface area contributed by atoms with Gasteiger partial charge in [0, 0.05) is 12.1 Å². The molecule has 6 rings (SSSR count). The minimum Gasteiger partial charge on any atom is -0.408 e. The first-order valence-electron chi connectivity index (χ1n) is 11.6. The van der Waals surface area contributed by atoms with Gasteiger partial charge in [-0.2, -0.15) is 18.7 Å². The number of hydrogen-bond acceptors (Lipinski definition) is 7. The number of H-pyrrole nitrogens is 2. The van der Waals surface area contributed by atoms with Gasteiger partial charge in [-0.1, -0.05) is 24.3 Å². The Bertz CT molecular complexity index is 1390. The second-order valence-electron chi connectivity index (χ2n) is 9.20. The maximum Gasteiger partial charge on any atom is 0.417 e. The van der Waals surface area contributed by atoms with Gasteiger partial charge in [-0.3, -0.25) is 9.78 Å². The van der Waals surface area contributed by atoms with Crippen molar-refractivity contribution in [2.45, 2.75) is 37.1 Å². The van der Waals surface area contributed by atoms with E-state index in [0.717, 1.165) is 49.2 Å². The van der Waals surface area contributed by atoms with Gasteiger partial charge in [-0.15, -0.1) is 10.2 Å². The molecule has 0 radical (unpaired) electrons. The lowest BCUT2D eigenvalue weighted by molar-refractivity contribution is -0.124. The van der Waals surface area contributed by atoms with E-state index in [1.54, 1.807) is 6.07 Å². The molecule has 1 atom stereocenters. The summed E-state index contributed by atoms with van der Waals surface area (Å²) in [6, 6.07) is 13.3. The number of rotatable bonds is 7. The highest BCUT2D eigenvalue weighted by atomic mass is 32.1. The van der Waals surface area contributed by atoms with Crippen LogP contribution in [0, 0.1) is 0 Å². The molecule has 3 heterocycles. The molecule has 1 aliphatic heterocycles. The number of nitrogens with zero attached hydrogens (tertiary/aromatic N) is 4. The fourth-order valence-electron chi connectivity index (χ4n) is 4.95. The van der Waals surface area contributed by atoms with Crippen molar-refractivity contribution in [2.75, 3.05) is 19.6 Å². The van der Waals surface area contributed by atoms with Crippen molar-refractivity contribution in [3.05, 3.63) is 64.1 Å². The minimum atomic E-state index is -0.586. The first kappa shape index (κ1) is 23.3. The highest BCUT2D eigenvalue weighted by Gasteiger charge is 2.52. The average molecular weight is 494 g/mol. The molecule has 2 fully saturated rings. The molecule has 3 N–H and O–H groups in total. The molecule has 0 bridgehead atoms. The summed E-state index contributed by atoms with van der Waals surface area (Å²) in [6.07, 6.45) is 3.89. The van der Waals surface area contributed by atoms with Gasteiger partial charge < -0.3 is 14.6 Å². The third-order valence-corrected chi connectivity index (χ3v) is 6.99. The van der Waals surface area contributed by atoms with Gasteiger partial charge >= 0.3 is 5.76 Å². The number of aromatic amines is 2. The maximum absolute atomic E-state index is 13.7. The van der Waals surface area contributed by atoms with E-state index < -0.39 is 11.2 Å². The summed E-state index contributed by atoms with van der Waals surface area (Å²) in [5.41, 5.74) is 3.28. The SMILES string of the molecule is O=C(NC(CN1CCCC1)c1cccc(-c2nn[nH]n2)c1)C1(c2ccc3oc(=O)[nH]c3c2)CC1.S. The van der Waals surface area contributed by atoms with Crippen LogP contribution in [0.2, 0.25) is 0 Å². The van der Waals surface area contributed by atoms with Crippen molar-refractivity contribution in [2.24, 2.45) is 0 Å². The zero-order chi connectivity index (χ0) is 23.1. The molecule has 182 valence electrons. The molecule has 2 aromatic heterocycles. The highest BCUT2D eigenvalue weighted by Crippen LogP contribution is 2.49. The van der Waals surface area contributed by atoms with E-state index in [1.165, 1.54) is 12.8 Å². The van der Waals surface area contributed by atoms with Crippen molar-refractivity contribution in [3.63, 3.8) is 0 Å². The Morgan fingerprint density at radius 1 is 1.17 bits per heavy atom. The number of likely N-dealkylation sites (tertiary alicyclic amines) is 1. The fourth-order valence-corrected chi connectivity index (χ4v) is 4.95. The minimum absolute atomic E-state index is 0. The summed E-state index contributed by atoms with van der Waals surface area (Å²) in [5.74, 6) is 0.0367. The highest BCUT2D eigenvalue weighted by molar-refractivity contribution is 7.59. The molecule has 1 amide bonds. The van der Waals surface area contributed by atoms with Crippen LogP contribution in [-0.2, 0) is 10.2 Å². The first-order chi connectivity index (χ1) is 16.6. The van der Waals surface area contributed by atoms with Crippen molar-refractivity contribution in [3.8, 4) is 11.4 Å². The lowest BCUT2D eigenvalue weighted by Gasteiger charge is -2.27. The molecular formula is C24H27N7O3S. The molecule has 0 spiro atoms. The van der Waals surface area contributed by atoms with Gasteiger partial charge in [0.05, 0.1) is 17.0 Å². The number of oxazole rings is 1. The number of fused-ring (bicyclic) bond motifs is 1. The summed E-state index contributed by atoms with van der Waals surface area (Å²) in [5, 5.41) is 17.7. The molecule has 1 saturated heterocycles. The normalized spacial score (nSPS) is 17.7. The number of nitrogens with one attached hydrogen (secondary N) is 3. The molecule has 10 nitrogen and oxygen atoms in total. The average Bonchev–Trinajstić information content (AvgIpc) is 3.21. The molecule has 1 unspecified atom stereocenters.